The molecule has 1 N–H and O–H groups in total. The molecule has 2 atom stereocenters. The quantitative estimate of drug-likeness (QED) is 0.619. The Balaban J connectivity index is 0.000000311. The molecule has 0 fully saturated rings. The molecular formula is C25H36N2O4. The van der Waals surface area contributed by atoms with Gasteiger partial charge in [-0.25, -0.2) is 0 Å². The number of ether oxygens (including phenoxy) is 1. The van der Waals surface area contributed by atoms with E-state index in [1.807, 2.05) is 76.4 Å². The predicted molar refractivity (Wildman–Crippen MR) is 125 cm³/mol. The van der Waals surface area contributed by atoms with Gasteiger partial charge < -0.3 is 19.6 Å². The normalized spacial score (nSPS) is 14.9. The number of aliphatic hydroxyl groups is 1. The van der Waals surface area contributed by atoms with Gasteiger partial charge in [0.05, 0.1) is 0 Å². The first-order valence-corrected chi connectivity index (χ1v) is 10.2. The topological polar surface area (TPSA) is 70.1 Å². The molecule has 0 aliphatic heterocycles. The summed E-state index contributed by atoms with van der Waals surface area (Å²) >= 11 is 0. The van der Waals surface area contributed by atoms with Crippen LogP contribution >= 0.6 is 0 Å². The number of ketones is 2. The maximum Gasteiger partial charge on any atom is 0.195 e. The lowest BCUT2D eigenvalue weighted by Gasteiger charge is -2.29. The molecule has 6 heteroatoms. The van der Waals surface area contributed by atoms with E-state index in [4.69, 9.17) is 4.74 Å². The van der Waals surface area contributed by atoms with Crippen LogP contribution in [0.1, 0.15) is 34.6 Å². The smallest absolute Gasteiger partial charge is 0.195 e. The lowest BCUT2D eigenvalue weighted by atomic mass is 9.94. The Kier molecular flexibility index (Phi) is 10.2. The second kappa shape index (κ2) is 11.9. The molecule has 0 saturated heterocycles. The summed E-state index contributed by atoms with van der Waals surface area (Å²) in [6, 6.07) is 18.1. The highest BCUT2D eigenvalue weighted by molar-refractivity contribution is 6.02. The SMILES string of the molecule is CN(C)CC(C)(O)C(=O)c1ccccc1.COC(C)(CN(C)C)C(=O)c1ccccc1. The lowest BCUT2D eigenvalue weighted by Crippen LogP contribution is -2.46. The minimum atomic E-state index is -1.33. The zero-order chi connectivity index (χ0) is 23.7. The number of rotatable bonds is 9. The summed E-state index contributed by atoms with van der Waals surface area (Å²) < 4.78 is 5.37. The summed E-state index contributed by atoms with van der Waals surface area (Å²) in [5, 5.41) is 10.0. The summed E-state index contributed by atoms with van der Waals surface area (Å²) in [7, 11) is 9.08. The highest BCUT2D eigenvalue weighted by Crippen LogP contribution is 2.18. The van der Waals surface area contributed by atoms with E-state index >= 15 is 0 Å². The Bertz CT molecular complexity index is 820. The summed E-state index contributed by atoms with van der Waals surface area (Å²) in [6.45, 7) is 4.25. The van der Waals surface area contributed by atoms with Crippen LogP contribution in [0.4, 0.5) is 0 Å². The van der Waals surface area contributed by atoms with Crippen molar-refractivity contribution in [2.24, 2.45) is 0 Å². The average molecular weight is 429 g/mol. The van der Waals surface area contributed by atoms with Gasteiger partial charge in [0.2, 0.25) is 0 Å². The molecule has 0 bridgehead atoms. The van der Waals surface area contributed by atoms with Crippen LogP contribution in [0.25, 0.3) is 0 Å². The average Bonchev–Trinajstić information content (AvgIpc) is 2.73. The second-order valence-corrected chi connectivity index (χ2v) is 8.57. The van der Waals surface area contributed by atoms with E-state index in [1.54, 1.807) is 43.2 Å². The van der Waals surface area contributed by atoms with Gasteiger partial charge in [0.25, 0.3) is 0 Å². The lowest BCUT2D eigenvalue weighted by molar-refractivity contribution is -0.000429. The second-order valence-electron chi connectivity index (χ2n) is 8.57. The van der Waals surface area contributed by atoms with Gasteiger partial charge in [-0.3, -0.25) is 9.59 Å². The molecule has 0 heterocycles. The molecule has 0 aliphatic carbocycles. The van der Waals surface area contributed by atoms with E-state index in [-0.39, 0.29) is 11.6 Å². The van der Waals surface area contributed by atoms with E-state index in [2.05, 4.69) is 0 Å². The molecule has 2 aromatic rings. The first-order chi connectivity index (χ1) is 14.4. The standard InChI is InChI=1S/C13H19NO2.C12H17NO2/c1-13(16-4,10-14(2)3)12(15)11-8-6-5-7-9-11;1-12(15,9-13(2)3)11(14)10-7-5-4-6-8-10/h5-9H,10H2,1-4H3;4-8,15H,9H2,1-3H3. The predicted octanol–water partition coefficient (Wildman–Crippen LogP) is 3.02. The summed E-state index contributed by atoms with van der Waals surface area (Å²) in [5.74, 6) is -0.221. The van der Waals surface area contributed by atoms with Gasteiger partial charge in [-0.15, -0.1) is 0 Å². The van der Waals surface area contributed by atoms with Crippen molar-refractivity contribution in [3.63, 3.8) is 0 Å². The molecule has 0 saturated carbocycles. The molecule has 2 rings (SSSR count). The fourth-order valence-electron chi connectivity index (χ4n) is 3.32. The minimum absolute atomic E-state index is 0.0179. The van der Waals surface area contributed by atoms with Crippen LogP contribution < -0.4 is 0 Å². The third-order valence-corrected chi connectivity index (χ3v) is 4.73. The monoisotopic (exact) mass is 428 g/mol. The third-order valence-electron chi connectivity index (χ3n) is 4.73. The van der Waals surface area contributed by atoms with Crippen LogP contribution in [0, 0.1) is 0 Å². The van der Waals surface area contributed by atoms with Crippen molar-refractivity contribution in [3.05, 3.63) is 71.8 Å². The molecule has 31 heavy (non-hydrogen) atoms. The molecule has 170 valence electrons. The van der Waals surface area contributed by atoms with Gasteiger partial charge in [0.15, 0.2) is 11.6 Å². The van der Waals surface area contributed by atoms with Gasteiger partial charge in [-0.1, -0.05) is 60.7 Å². The molecule has 0 spiro atoms. The number of benzene rings is 2. The number of carbonyl (C=O) groups excluding carboxylic acids is 2. The van der Waals surface area contributed by atoms with Crippen LogP contribution in [0.3, 0.4) is 0 Å². The Morgan fingerprint density at radius 1 is 0.774 bits per heavy atom. The maximum atomic E-state index is 12.3. The Morgan fingerprint density at radius 2 is 1.16 bits per heavy atom. The number of hydrogen-bond donors (Lipinski definition) is 1. The van der Waals surface area contributed by atoms with Crippen molar-refractivity contribution in [2.75, 3.05) is 48.4 Å². The third kappa shape index (κ3) is 8.34. The van der Waals surface area contributed by atoms with Crippen LogP contribution in [0.5, 0.6) is 0 Å². The number of Topliss-reactive ketones (excluding diaryl/α,β-unsaturated/α-hetero) is 2. The Labute approximate surface area is 186 Å². The van der Waals surface area contributed by atoms with Crippen LogP contribution in [-0.2, 0) is 4.74 Å². The number of likely N-dealkylation sites (N-methyl/N-ethyl adjacent to an activating group) is 2. The first kappa shape index (κ1) is 26.7. The van der Waals surface area contributed by atoms with E-state index < -0.39 is 11.2 Å². The maximum absolute atomic E-state index is 12.3. The van der Waals surface area contributed by atoms with E-state index in [9.17, 15) is 14.7 Å². The van der Waals surface area contributed by atoms with Gasteiger partial charge in [0.1, 0.15) is 11.2 Å². The first-order valence-electron chi connectivity index (χ1n) is 10.2. The molecular weight excluding hydrogens is 392 g/mol. The van der Waals surface area contributed by atoms with Gasteiger partial charge in [-0.2, -0.15) is 0 Å². The number of nitrogens with zero attached hydrogens (tertiary/aromatic N) is 2. The molecule has 6 nitrogen and oxygen atoms in total. The van der Waals surface area contributed by atoms with Gasteiger partial charge in [-0.05, 0) is 42.0 Å². The zero-order valence-electron chi connectivity index (χ0n) is 19.8. The van der Waals surface area contributed by atoms with Crippen molar-refractivity contribution < 1.29 is 19.4 Å². The van der Waals surface area contributed by atoms with Crippen molar-refractivity contribution in [3.8, 4) is 0 Å². The number of methoxy groups -OCH3 is 1. The molecule has 0 radical (unpaired) electrons. The van der Waals surface area contributed by atoms with Crippen molar-refractivity contribution in [1.29, 1.82) is 0 Å². The van der Waals surface area contributed by atoms with E-state index in [0.29, 0.717) is 24.2 Å². The number of hydrogen-bond acceptors (Lipinski definition) is 6. The summed E-state index contributed by atoms with van der Waals surface area (Å²) in [5.41, 5.74) is -0.881. The Morgan fingerprint density at radius 3 is 1.52 bits per heavy atom. The van der Waals surface area contributed by atoms with E-state index in [0.717, 1.165) is 0 Å². The highest BCUT2D eigenvalue weighted by atomic mass is 16.5. The van der Waals surface area contributed by atoms with Crippen LogP contribution in [-0.4, -0.2) is 86.1 Å². The molecule has 0 aromatic heterocycles. The zero-order valence-corrected chi connectivity index (χ0v) is 19.8. The fourth-order valence-corrected chi connectivity index (χ4v) is 3.32. The largest absolute Gasteiger partial charge is 0.381 e. The molecule has 0 aliphatic rings. The summed E-state index contributed by atoms with van der Waals surface area (Å²) in [6.07, 6.45) is 0. The molecule has 2 aromatic carbocycles. The van der Waals surface area contributed by atoms with Gasteiger partial charge >= 0.3 is 0 Å². The van der Waals surface area contributed by atoms with Crippen molar-refractivity contribution in [2.45, 2.75) is 25.0 Å². The fraction of sp³-hybridized carbons (Fsp3) is 0.440. The van der Waals surface area contributed by atoms with Crippen molar-refractivity contribution >= 4 is 11.6 Å². The minimum Gasteiger partial charge on any atom is -0.381 e. The molecule has 0 amide bonds. The van der Waals surface area contributed by atoms with Crippen LogP contribution in [0.15, 0.2) is 60.7 Å². The van der Waals surface area contributed by atoms with Gasteiger partial charge in [0, 0.05) is 31.3 Å². The summed E-state index contributed by atoms with van der Waals surface area (Å²) in [4.78, 5) is 27.9. The van der Waals surface area contributed by atoms with Crippen LogP contribution in [0.2, 0.25) is 0 Å². The van der Waals surface area contributed by atoms with E-state index in [1.165, 1.54) is 0 Å². The molecule has 2 unspecified atom stereocenters. The number of carbonyl (C=O) groups is 2. The highest BCUT2D eigenvalue weighted by Gasteiger charge is 2.34. The van der Waals surface area contributed by atoms with Crippen molar-refractivity contribution in [1.82, 2.24) is 9.80 Å². The Hall–Kier alpha value is -2.38.